The van der Waals surface area contributed by atoms with E-state index < -0.39 is 5.63 Å². The lowest BCUT2D eigenvalue weighted by molar-refractivity contribution is -0.134. The first-order valence-electron chi connectivity index (χ1n) is 10.3. The van der Waals surface area contributed by atoms with Crippen LogP contribution in [-0.4, -0.2) is 12.6 Å². The highest BCUT2D eigenvalue weighted by Crippen LogP contribution is 2.25. The highest BCUT2D eigenvalue weighted by molar-refractivity contribution is 5.82. The lowest BCUT2D eigenvalue weighted by atomic mass is 9.87. The van der Waals surface area contributed by atoms with Crippen molar-refractivity contribution in [1.29, 1.82) is 0 Å². The largest absolute Gasteiger partial charge is 0.494 e. The quantitative estimate of drug-likeness (QED) is 0.226. The Morgan fingerprint density at radius 1 is 1.00 bits per heavy atom. The van der Waals surface area contributed by atoms with Crippen LogP contribution in [-0.2, 0) is 16.6 Å². The van der Waals surface area contributed by atoms with Gasteiger partial charge in [-0.2, -0.15) is 0 Å². The molecule has 0 saturated heterocycles. The Kier molecular flexibility index (Phi) is 6.60. The normalized spacial score (nSPS) is 11.5. The summed E-state index contributed by atoms with van der Waals surface area (Å²) < 4.78 is 16.3. The minimum Gasteiger partial charge on any atom is -0.494 e. The predicted molar refractivity (Wildman–Crippen MR) is 117 cm³/mol. The second kappa shape index (κ2) is 9.16. The molecule has 0 aliphatic carbocycles. The van der Waals surface area contributed by atoms with Crippen LogP contribution in [0.3, 0.4) is 0 Å². The summed E-state index contributed by atoms with van der Waals surface area (Å²) in [6, 6.07) is 14.6. The van der Waals surface area contributed by atoms with Gasteiger partial charge in [-0.15, -0.1) is 0 Å². The number of ether oxygens (including phenoxy) is 2. The number of fused-ring (bicyclic) bond motifs is 1. The summed E-state index contributed by atoms with van der Waals surface area (Å²) >= 11 is 0. The van der Waals surface area contributed by atoms with Gasteiger partial charge >= 0.3 is 11.6 Å². The highest BCUT2D eigenvalue weighted by atomic mass is 16.5. The number of hydrogen-bond donors (Lipinski definition) is 0. The van der Waals surface area contributed by atoms with Gasteiger partial charge in [-0.1, -0.05) is 39.8 Å². The van der Waals surface area contributed by atoms with Crippen LogP contribution < -0.4 is 15.1 Å². The SMILES string of the molecule is CCc1cc(=O)oc2cc(OC(=O)CCCOc3ccc(C(C)(C)C)cc3)ccc12. The molecule has 0 amide bonds. The van der Waals surface area contributed by atoms with Gasteiger partial charge in [0.25, 0.3) is 0 Å². The van der Waals surface area contributed by atoms with Crippen LogP contribution in [0.1, 0.15) is 51.7 Å². The molecule has 0 bridgehead atoms. The van der Waals surface area contributed by atoms with E-state index in [0.29, 0.717) is 24.4 Å². The molecule has 0 spiro atoms. The standard InChI is InChI=1S/C25H28O5/c1-5-17-15-24(27)30-22-16-20(12-13-21(17)22)29-23(26)7-6-14-28-19-10-8-18(9-11-19)25(2,3)4/h8-13,15-16H,5-7,14H2,1-4H3. The molecular formula is C25H28O5. The van der Waals surface area contributed by atoms with Gasteiger partial charge in [0.1, 0.15) is 17.1 Å². The van der Waals surface area contributed by atoms with Crippen LogP contribution >= 0.6 is 0 Å². The monoisotopic (exact) mass is 408 g/mol. The second-order valence-electron chi connectivity index (χ2n) is 8.30. The summed E-state index contributed by atoms with van der Waals surface area (Å²) in [5.41, 5.74) is 2.27. The maximum atomic E-state index is 12.1. The highest BCUT2D eigenvalue weighted by Gasteiger charge is 2.13. The fraction of sp³-hybridized carbons (Fsp3) is 0.360. The number of carbonyl (C=O) groups excluding carboxylic acids is 1. The average Bonchev–Trinajstić information content (AvgIpc) is 2.70. The molecule has 158 valence electrons. The van der Waals surface area contributed by atoms with Crippen molar-refractivity contribution in [2.24, 2.45) is 0 Å². The molecule has 2 aromatic carbocycles. The maximum absolute atomic E-state index is 12.1. The smallest absolute Gasteiger partial charge is 0.336 e. The second-order valence-corrected chi connectivity index (χ2v) is 8.30. The molecule has 0 atom stereocenters. The van der Waals surface area contributed by atoms with Crippen LogP contribution in [0.4, 0.5) is 0 Å². The van der Waals surface area contributed by atoms with Gasteiger partial charge in [0.05, 0.1) is 6.61 Å². The third-order valence-electron chi connectivity index (χ3n) is 4.93. The third kappa shape index (κ3) is 5.50. The van der Waals surface area contributed by atoms with Crippen LogP contribution in [0.5, 0.6) is 11.5 Å². The zero-order valence-corrected chi connectivity index (χ0v) is 18.0. The van der Waals surface area contributed by atoms with E-state index in [1.165, 1.54) is 11.6 Å². The Morgan fingerprint density at radius 3 is 2.37 bits per heavy atom. The van der Waals surface area contributed by atoms with E-state index in [4.69, 9.17) is 13.9 Å². The van der Waals surface area contributed by atoms with Crippen LogP contribution in [0.15, 0.2) is 57.7 Å². The first-order chi connectivity index (χ1) is 14.3. The van der Waals surface area contributed by atoms with Gasteiger partial charge in [-0.05, 0) is 53.6 Å². The summed E-state index contributed by atoms with van der Waals surface area (Å²) in [4.78, 5) is 23.8. The van der Waals surface area contributed by atoms with Gasteiger partial charge in [-0.25, -0.2) is 4.79 Å². The summed E-state index contributed by atoms with van der Waals surface area (Å²) in [6.45, 7) is 8.90. The minimum atomic E-state index is -0.407. The molecule has 0 aliphatic rings. The number of rotatable bonds is 7. The summed E-state index contributed by atoms with van der Waals surface area (Å²) in [5.74, 6) is 0.797. The Labute approximate surface area is 176 Å². The van der Waals surface area contributed by atoms with Crippen LogP contribution in [0, 0.1) is 0 Å². The molecule has 0 saturated carbocycles. The summed E-state index contributed by atoms with van der Waals surface area (Å²) in [6.07, 6.45) is 1.50. The lowest BCUT2D eigenvalue weighted by Gasteiger charge is -2.19. The van der Waals surface area contributed by atoms with E-state index >= 15 is 0 Å². The number of carbonyl (C=O) groups is 1. The zero-order valence-electron chi connectivity index (χ0n) is 18.0. The topological polar surface area (TPSA) is 65.7 Å². The molecule has 1 aromatic heterocycles. The van der Waals surface area contributed by atoms with E-state index in [-0.39, 0.29) is 17.8 Å². The van der Waals surface area contributed by atoms with Crippen LogP contribution in [0.25, 0.3) is 11.0 Å². The number of hydrogen-bond acceptors (Lipinski definition) is 5. The average molecular weight is 408 g/mol. The molecule has 0 radical (unpaired) electrons. The fourth-order valence-electron chi connectivity index (χ4n) is 3.21. The zero-order chi connectivity index (χ0) is 21.7. The number of benzene rings is 2. The van der Waals surface area contributed by atoms with Gasteiger partial charge in [0.15, 0.2) is 0 Å². The lowest BCUT2D eigenvalue weighted by Crippen LogP contribution is -2.11. The van der Waals surface area contributed by atoms with Crippen molar-refractivity contribution in [3.63, 3.8) is 0 Å². The van der Waals surface area contributed by atoms with E-state index in [1.54, 1.807) is 12.1 Å². The third-order valence-corrected chi connectivity index (χ3v) is 4.93. The molecule has 0 unspecified atom stereocenters. The Balaban J connectivity index is 1.50. The van der Waals surface area contributed by atoms with Gasteiger partial charge < -0.3 is 13.9 Å². The van der Waals surface area contributed by atoms with Crippen molar-refractivity contribution in [2.75, 3.05) is 6.61 Å². The molecule has 3 rings (SSSR count). The van der Waals surface area contributed by atoms with Crippen molar-refractivity contribution in [2.45, 2.75) is 52.4 Å². The van der Waals surface area contributed by atoms with Crippen molar-refractivity contribution in [3.8, 4) is 11.5 Å². The minimum absolute atomic E-state index is 0.103. The summed E-state index contributed by atoms with van der Waals surface area (Å²) in [7, 11) is 0. The maximum Gasteiger partial charge on any atom is 0.336 e. The van der Waals surface area contributed by atoms with Crippen LogP contribution in [0.2, 0.25) is 0 Å². The number of aryl methyl sites for hydroxylation is 1. The van der Waals surface area contributed by atoms with Gasteiger partial charge in [0.2, 0.25) is 0 Å². The Morgan fingerprint density at radius 2 is 1.70 bits per heavy atom. The molecule has 5 heteroatoms. The van der Waals surface area contributed by atoms with Gasteiger partial charge in [0, 0.05) is 23.9 Å². The molecule has 5 nitrogen and oxygen atoms in total. The van der Waals surface area contributed by atoms with E-state index in [9.17, 15) is 9.59 Å². The summed E-state index contributed by atoms with van der Waals surface area (Å²) in [5, 5.41) is 0.850. The molecule has 0 aliphatic heterocycles. The molecule has 30 heavy (non-hydrogen) atoms. The molecule has 1 heterocycles. The number of esters is 1. The fourth-order valence-corrected chi connectivity index (χ4v) is 3.21. The predicted octanol–water partition coefficient (Wildman–Crippen LogP) is 5.42. The Hall–Kier alpha value is -3.08. The first kappa shape index (κ1) is 21.6. The molecule has 0 N–H and O–H groups in total. The Bertz CT molecular complexity index is 1070. The molecule has 3 aromatic rings. The first-order valence-corrected chi connectivity index (χ1v) is 10.3. The van der Waals surface area contributed by atoms with Gasteiger partial charge in [-0.3, -0.25) is 4.79 Å². The van der Waals surface area contributed by atoms with E-state index in [1.807, 2.05) is 25.1 Å². The van der Waals surface area contributed by atoms with Crippen molar-refractivity contribution in [3.05, 3.63) is 70.1 Å². The molecule has 0 fully saturated rings. The van der Waals surface area contributed by atoms with Crippen molar-refractivity contribution < 1.29 is 18.7 Å². The molecular weight excluding hydrogens is 380 g/mol. The van der Waals surface area contributed by atoms with Crippen molar-refractivity contribution in [1.82, 2.24) is 0 Å². The van der Waals surface area contributed by atoms with E-state index in [0.717, 1.165) is 23.1 Å². The van der Waals surface area contributed by atoms with E-state index in [2.05, 4.69) is 32.9 Å². The van der Waals surface area contributed by atoms with Crippen molar-refractivity contribution >= 4 is 16.9 Å².